The summed E-state index contributed by atoms with van der Waals surface area (Å²) in [4.78, 5) is 0. The Morgan fingerprint density at radius 3 is 2.89 bits per heavy atom. The molecule has 1 aromatic carbocycles. The first-order chi connectivity index (χ1) is 8.83. The van der Waals surface area contributed by atoms with Crippen LogP contribution in [0.4, 0.5) is 0 Å². The molecule has 2 aliphatic heterocycles. The molecule has 1 aromatic rings. The smallest absolute Gasteiger partial charge is 0.161 e. The topological polar surface area (TPSA) is 30.5 Å². The molecule has 98 valence electrons. The molecule has 0 aromatic heterocycles. The van der Waals surface area contributed by atoms with Crippen molar-refractivity contribution >= 4 is 11.8 Å². The van der Waals surface area contributed by atoms with Gasteiger partial charge in [0.1, 0.15) is 13.2 Å². The van der Waals surface area contributed by atoms with Crippen molar-refractivity contribution in [3.63, 3.8) is 0 Å². The number of hydrogen-bond acceptors (Lipinski definition) is 4. The molecular weight excluding hydrogens is 246 g/mol. The van der Waals surface area contributed by atoms with Crippen LogP contribution in [0.25, 0.3) is 0 Å². The maximum Gasteiger partial charge on any atom is 0.161 e. The zero-order valence-electron chi connectivity index (χ0n) is 10.6. The lowest BCUT2D eigenvalue weighted by molar-refractivity contribution is 0.171. The number of nitrogens with one attached hydrogen (secondary N) is 1. The third-order valence-corrected chi connectivity index (χ3v) is 4.64. The number of thioether (sulfide) groups is 1. The summed E-state index contributed by atoms with van der Waals surface area (Å²) in [6.45, 7) is 3.52. The van der Waals surface area contributed by atoms with Crippen LogP contribution in [0.1, 0.15) is 24.9 Å². The molecule has 2 unspecified atom stereocenters. The van der Waals surface area contributed by atoms with Crippen LogP contribution in [0.2, 0.25) is 0 Å². The molecule has 0 spiro atoms. The molecule has 0 bridgehead atoms. The van der Waals surface area contributed by atoms with Gasteiger partial charge in [0.25, 0.3) is 0 Å². The second kappa shape index (κ2) is 5.41. The molecule has 3 nitrogen and oxygen atoms in total. The second-order valence-corrected chi connectivity index (χ2v) is 6.00. The van der Waals surface area contributed by atoms with Crippen molar-refractivity contribution in [1.29, 1.82) is 0 Å². The van der Waals surface area contributed by atoms with Crippen LogP contribution in [0.3, 0.4) is 0 Å². The Morgan fingerprint density at radius 1 is 1.28 bits per heavy atom. The Balaban J connectivity index is 1.70. The highest BCUT2D eigenvalue weighted by Crippen LogP contribution is 2.33. The van der Waals surface area contributed by atoms with Gasteiger partial charge in [0.15, 0.2) is 11.5 Å². The van der Waals surface area contributed by atoms with Crippen LogP contribution in [-0.4, -0.2) is 30.8 Å². The van der Waals surface area contributed by atoms with Gasteiger partial charge in [-0.25, -0.2) is 0 Å². The summed E-state index contributed by atoms with van der Waals surface area (Å²) in [6.07, 6.45) is 1.28. The van der Waals surface area contributed by atoms with Gasteiger partial charge in [-0.2, -0.15) is 11.8 Å². The zero-order chi connectivity index (χ0) is 12.4. The Morgan fingerprint density at radius 2 is 2.11 bits per heavy atom. The highest BCUT2D eigenvalue weighted by molar-refractivity contribution is 7.99. The van der Waals surface area contributed by atoms with E-state index in [-0.39, 0.29) is 0 Å². The molecule has 1 N–H and O–H groups in total. The monoisotopic (exact) mass is 265 g/mol. The fourth-order valence-corrected chi connectivity index (χ4v) is 3.61. The zero-order valence-corrected chi connectivity index (χ0v) is 11.5. The van der Waals surface area contributed by atoms with E-state index in [9.17, 15) is 0 Å². The van der Waals surface area contributed by atoms with Crippen molar-refractivity contribution in [3.8, 4) is 11.5 Å². The van der Waals surface area contributed by atoms with Crippen LogP contribution >= 0.6 is 11.8 Å². The quantitative estimate of drug-likeness (QED) is 0.910. The first-order valence-electron chi connectivity index (χ1n) is 6.56. The molecule has 1 fully saturated rings. The molecule has 1 saturated heterocycles. The Bertz CT molecular complexity index is 418. The summed E-state index contributed by atoms with van der Waals surface area (Å²) >= 11 is 2.04. The highest BCUT2D eigenvalue weighted by Gasteiger charge is 2.19. The van der Waals surface area contributed by atoms with Crippen molar-refractivity contribution in [2.75, 3.05) is 24.7 Å². The molecule has 0 amide bonds. The largest absolute Gasteiger partial charge is 0.486 e. The van der Waals surface area contributed by atoms with Crippen LogP contribution in [0, 0.1) is 0 Å². The fraction of sp³-hybridized carbons (Fsp3) is 0.571. The fourth-order valence-electron chi connectivity index (χ4n) is 2.45. The molecule has 3 rings (SSSR count). The Hall–Kier alpha value is -0.870. The van der Waals surface area contributed by atoms with Gasteiger partial charge >= 0.3 is 0 Å². The van der Waals surface area contributed by atoms with Gasteiger partial charge in [0.05, 0.1) is 0 Å². The van der Waals surface area contributed by atoms with E-state index in [2.05, 4.69) is 24.4 Å². The number of rotatable bonds is 3. The first kappa shape index (κ1) is 12.2. The summed E-state index contributed by atoms with van der Waals surface area (Å²) in [5.74, 6) is 4.27. The van der Waals surface area contributed by atoms with Crippen molar-refractivity contribution in [2.24, 2.45) is 0 Å². The SMILES string of the molecule is CC(NC1CCSC1)c1ccc2c(c1)OCCO2. The van der Waals surface area contributed by atoms with Crippen molar-refractivity contribution in [1.82, 2.24) is 5.32 Å². The molecule has 2 aliphatic rings. The summed E-state index contributed by atoms with van der Waals surface area (Å²) in [7, 11) is 0. The number of hydrogen-bond donors (Lipinski definition) is 1. The molecule has 2 atom stereocenters. The predicted molar refractivity (Wildman–Crippen MR) is 74.7 cm³/mol. The molecule has 0 saturated carbocycles. The minimum atomic E-state index is 0.365. The van der Waals surface area contributed by atoms with E-state index in [4.69, 9.17) is 9.47 Å². The number of benzene rings is 1. The highest BCUT2D eigenvalue weighted by atomic mass is 32.2. The summed E-state index contributed by atoms with van der Waals surface area (Å²) in [5, 5.41) is 3.68. The van der Waals surface area contributed by atoms with Crippen LogP contribution < -0.4 is 14.8 Å². The summed E-state index contributed by atoms with van der Waals surface area (Å²) in [5.41, 5.74) is 1.27. The van der Waals surface area contributed by atoms with Crippen molar-refractivity contribution in [3.05, 3.63) is 23.8 Å². The van der Waals surface area contributed by atoms with Gasteiger partial charge in [0, 0.05) is 17.8 Å². The van der Waals surface area contributed by atoms with E-state index in [0.29, 0.717) is 25.3 Å². The third-order valence-electron chi connectivity index (χ3n) is 3.48. The van der Waals surface area contributed by atoms with Crippen LogP contribution in [0.5, 0.6) is 11.5 Å². The average molecular weight is 265 g/mol. The summed E-state index contributed by atoms with van der Waals surface area (Å²) < 4.78 is 11.2. The number of fused-ring (bicyclic) bond motifs is 1. The van der Waals surface area contributed by atoms with E-state index < -0.39 is 0 Å². The van der Waals surface area contributed by atoms with E-state index in [1.54, 1.807) is 0 Å². The normalized spacial score (nSPS) is 23.9. The molecular formula is C14H19NO2S. The first-order valence-corrected chi connectivity index (χ1v) is 7.72. The standard InChI is InChI=1S/C14H19NO2S/c1-10(15-12-4-7-18-9-12)11-2-3-13-14(8-11)17-6-5-16-13/h2-3,8,10,12,15H,4-7,9H2,1H3. The van der Waals surface area contributed by atoms with Gasteiger partial charge in [-0.05, 0) is 36.8 Å². The molecule has 4 heteroatoms. The lowest BCUT2D eigenvalue weighted by atomic mass is 10.1. The van der Waals surface area contributed by atoms with Crippen molar-refractivity contribution in [2.45, 2.75) is 25.4 Å². The third kappa shape index (κ3) is 2.59. The average Bonchev–Trinajstić information content (AvgIpc) is 2.91. The molecule has 18 heavy (non-hydrogen) atoms. The van der Waals surface area contributed by atoms with Gasteiger partial charge in [-0.15, -0.1) is 0 Å². The minimum Gasteiger partial charge on any atom is -0.486 e. The van der Waals surface area contributed by atoms with E-state index >= 15 is 0 Å². The van der Waals surface area contributed by atoms with E-state index in [0.717, 1.165) is 11.5 Å². The maximum absolute atomic E-state index is 5.63. The number of ether oxygens (including phenoxy) is 2. The lowest BCUT2D eigenvalue weighted by Crippen LogP contribution is -2.31. The predicted octanol–water partition coefficient (Wildman–Crippen LogP) is 2.61. The van der Waals surface area contributed by atoms with Gasteiger partial charge in [0.2, 0.25) is 0 Å². The second-order valence-electron chi connectivity index (χ2n) is 4.85. The molecule has 0 radical (unpaired) electrons. The lowest BCUT2D eigenvalue weighted by Gasteiger charge is -2.22. The molecule has 2 heterocycles. The van der Waals surface area contributed by atoms with Crippen LogP contribution in [0.15, 0.2) is 18.2 Å². The minimum absolute atomic E-state index is 0.365. The van der Waals surface area contributed by atoms with Gasteiger partial charge in [-0.3, -0.25) is 0 Å². The van der Waals surface area contributed by atoms with Gasteiger partial charge in [-0.1, -0.05) is 6.07 Å². The molecule has 0 aliphatic carbocycles. The van der Waals surface area contributed by atoms with E-state index in [1.807, 2.05) is 17.8 Å². The summed E-state index contributed by atoms with van der Waals surface area (Å²) in [6, 6.07) is 7.27. The maximum atomic E-state index is 5.63. The van der Waals surface area contributed by atoms with E-state index in [1.165, 1.54) is 23.5 Å². The Labute approximate surface area is 112 Å². The van der Waals surface area contributed by atoms with Crippen molar-refractivity contribution < 1.29 is 9.47 Å². The Kier molecular flexibility index (Phi) is 3.66. The van der Waals surface area contributed by atoms with Gasteiger partial charge < -0.3 is 14.8 Å². The van der Waals surface area contributed by atoms with Crippen LogP contribution in [-0.2, 0) is 0 Å².